The van der Waals surface area contributed by atoms with Gasteiger partial charge in [0.1, 0.15) is 12.4 Å². The largest absolute Gasteiger partial charge is 0.492 e. The molecule has 3 atom stereocenters. The van der Waals surface area contributed by atoms with Crippen molar-refractivity contribution in [3.8, 4) is 5.75 Å². The molecule has 3 aliphatic heterocycles. The molecule has 5 nitrogen and oxygen atoms in total. The molecule has 1 amide bonds. The molecule has 0 radical (unpaired) electrons. The van der Waals surface area contributed by atoms with Crippen molar-refractivity contribution in [3.63, 3.8) is 0 Å². The lowest BCUT2D eigenvalue weighted by Crippen LogP contribution is -2.52. The molecule has 1 aromatic carbocycles. The van der Waals surface area contributed by atoms with Gasteiger partial charge >= 0.3 is 0 Å². The Morgan fingerprint density at radius 3 is 2.58 bits per heavy atom. The van der Waals surface area contributed by atoms with Gasteiger partial charge in [-0.1, -0.05) is 18.2 Å². The van der Waals surface area contributed by atoms with Gasteiger partial charge < -0.3 is 14.4 Å². The Labute approximate surface area is 143 Å². The van der Waals surface area contributed by atoms with E-state index in [1.54, 1.807) is 0 Å². The Balaban J connectivity index is 1.19. The minimum atomic E-state index is 0.122. The van der Waals surface area contributed by atoms with E-state index in [9.17, 15) is 4.79 Å². The topological polar surface area (TPSA) is 42.0 Å². The van der Waals surface area contributed by atoms with Crippen LogP contribution in [-0.4, -0.2) is 67.2 Å². The van der Waals surface area contributed by atoms with Crippen LogP contribution in [0.3, 0.4) is 0 Å². The Hall–Kier alpha value is -1.59. The number of fused-ring (bicyclic) bond motifs is 2. The van der Waals surface area contributed by atoms with Crippen LogP contribution in [0.4, 0.5) is 0 Å². The average molecular weight is 330 g/mol. The summed E-state index contributed by atoms with van der Waals surface area (Å²) in [6.45, 7) is 5.14. The van der Waals surface area contributed by atoms with Crippen molar-refractivity contribution in [1.29, 1.82) is 0 Å². The number of carbonyl (C=O) groups excluding carboxylic acids is 1. The molecule has 0 spiro atoms. The van der Waals surface area contributed by atoms with Crippen LogP contribution in [0.1, 0.15) is 19.3 Å². The Bertz CT molecular complexity index is 557. The van der Waals surface area contributed by atoms with Gasteiger partial charge in [-0.15, -0.1) is 0 Å². The van der Waals surface area contributed by atoms with E-state index in [2.05, 4.69) is 4.90 Å². The lowest BCUT2D eigenvalue weighted by atomic mass is 9.88. The van der Waals surface area contributed by atoms with Crippen molar-refractivity contribution >= 4 is 5.91 Å². The van der Waals surface area contributed by atoms with Crippen molar-refractivity contribution in [3.05, 3.63) is 30.3 Å². The predicted octanol–water partition coefficient (Wildman–Crippen LogP) is 1.78. The van der Waals surface area contributed by atoms with Crippen LogP contribution in [-0.2, 0) is 9.53 Å². The highest BCUT2D eigenvalue weighted by atomic mass is 16.5. The fraction of sp³-hybridized carbons (Fsp3) is 0.632. The van der Waals surface area contributed by atoms with Gasteiger partial charge in [0.15, 0.2) is 0 Å². The number of hydrogen-bond donors (Lipinski definition) is 0. The minimum absolute atomic E-state index is 0.122. The first-order valence-corrected chi connectivity index (χ1v) is 9.14. The smallest absolute Gasteiger partial charge is 0.228 e. The van der Waals surface area contributed by atoms with Crippen LogP contribution in [0.25, 0.3) is 0 Å². The maximum atomic E-state index is 12.7. The highest BCUT2D eigenvalue weighted by Crippen LogP contribution is 2.39. The van der Waals surface area contributed by atoms with E-state index >= 15 is 0 Å². The molecule has 3 heterocycles. The van der Waals surface area contributed by atoms with Crippen LogP contribution in [0.15, 0.2) is 30.3 Å². The number of ether oxygens (including phenoxy) is 2. The van der Waals surface area contributed by atoms with Gasteiger partial charge in [-0.2, -0.15) is 0 Å². The summed E-state index contributed by atoms with van der Waals surface area (Å²) < 4.78 is 11.6. The lowest BCUT2D eigenvalue weighted by molar-refractivity contribution is -0.139. The van der Waals surface area contributed by atoms with Crippen molar-refractivity contribution in [2.45, 2.75) is 31.5 Å². The summed E-state index contributed by atoms with van der Waals surface area (Å²) >= 11 is 0. The molecule has 0 aromatic heterocycles. The fourth-order valence-electron chi connectivity index (χ4n) is 4.13. The lowest BCUT2D eigenvalue weighted by Gasteiger charge is -2.36. The van der Waals surface area contributed by atoms with Gasteiger partial charge in [-0.05, 0) is 31.4 Å². The quantitative estimate of drug-likeness (QED) is 0.825. The molecule has 3 aliphatic rings. The van der Waals surface area contributed by atoms with E-state index in [0.29, 0.717) is 18.6 Å². The summed E-state index contributed by atoms with van der Waals surface area (Å²) in [6.07, 6.45) is 3.69. The highest BCUT2D eigenvalue weighted by Gasteiger charge is 2.45. The van der Waals surface area contributed by atoms with E-state index in [1.807, 2.05) is 35.2 Å². The van der Waals surface area contributed by atoms with Gasteiger partial charge in [-0.25, -0.2) is 0 Å². The molecule has 24 heavy (non-hydrogen) atoms. The standard InChI is InChI=1S/C19H26N2O3/c22-19(17-14-16-6-7-18(17)24-16)21-10-8-20(9-11-21)12-13-23-15-4-2-1-3-5-15/h1-5,16-18H,6-14H2/t16-,17-,18-/m1/s1. The van der Waals surface area contributed by atoms with Crippen LogP contribution >= 0.6 is 0 Å². The SMILES string of the molecule is O=C([C@@H]1C[C@H]2CC[C@H]1O2)N1CCN(CCOc2ccccc2)CC1. The second-order valence-electron chi connectivity index (χ2n) is 7.04. The van der Waals surface area contributed by atoms with Crippen molar-refractivity contribution in [2.24, 2.45) is 5.92 Å². The molecule has 0 unspecified atom stereocenters. The van der Waals surface area contributed by atoms with E-state index in [1.165, 1.54) is 0 Å². The monoisotopic (exact) mass is 330 g/mol. The normalized spacial score (nSPS) is 29.8. The first-order valence-electron chi connectivity index (χ1n) is 9.14. The van der Waals surface area contributed by atoms with Crippen LogP contribution in [0, 0.1) is 5.92 Å². The average Bonchev–Trinajstić information content (AvgIpc) is 3.26. The van der Waals surface area contributed by atoms with Gasteiger partial charge in [-0.3, -0.25) is 9.69 Å². The van der Waals surface area contributed by atoms with E-state index in [4.69, 9.17) is 9.47 Å². The molecule has 0 aliphatic carbocycles. The number of benzene rings is 1. The Morgan fingerprint density at radius 2 is 1.92 bits per heavy atom. The molecule has 4 rings (SSSR count). The third-order valence-corrected chi connectivity index (χ3v) is 5.53. The van der Waals surface area contributed by atoms with Crippen LogP contribution < -0.4 is 4.74 Å². The van der Waals surface area contributed by atoms with Crippen molar-refractivity contribution in [2.75, 3.05) is 39.3 Å². The number of amides is 1. The zero-order valence-electron chi connectivity index (χ0n) is 14.1. The third kappa shape index (κ3) is 3.42. The van der Waals surface area contributed by atoms with E-state index < -0.39 is 0 Å². The summed E-state index contributed by atoms with van der Waals surface area (Å²) in [5, 5.41) is 0. The maximum Gasteiger partial charge on any atom is 0.228 e. The summed E-state index contributed by atoms with van der Waals surface area (Å²) in [5.74, 6) is 1.36. The summed E-state index contributed by atoms with van der Waals surface area (Å²) in [5.41, 5.74) is 0. The Morgan fingerprint density at radius 1 is 1.12 bits per heavy atom. The first-order chi connectivity index (χ1) is 11.8. The summed E-state index contributed by atoms with van der Waals surface area (Å²) in [4.78, 5) is 17.1. The zero-order valence-corrected chi connectivity index (χ0v) is 14.1. The number of hydrogen-bond acceptors (Lipinski definition) is 4. The second-order valence-corrected chi connectivity index (χ2v) is 7.04. The first kappa shape index (κ1) is 15.9. The second kappa shape index (κ2) is 7.11. The molecule has 130 valence electrons. The molecule has 3 fully saturated rings. The molecule has 0 N–H and O–H groups in total. The van der Waals surface area contributed by atoms with Crippen molar-refractivity contribution in [1.82, 2.24) is 9.80 Å². The van der Waals surface area contributed by atoms with Gasteiger partial charge in [0, 0.05) is 32.7 Å². The molecular weight excluding hydrogens is 304 g/mol. The predicted molar refractivity (Wildman–Crippen MR) is 91.0 cm³/mol. The molecule has 2 bridgehead atoms. The number of rotatable bonds is 5. The maximum absolute atomic E-state index is 12.7. The fourth-order valence-corrected chi connectivity index (χ4v) is 4.13. The third-order valence-electron chi connectivity index (χ3n) is 5.53. The number of piperazine rings is 1. The van der Waals surface area contributed by atoms with Crippen LogP contribution in [0.2, 0.25) is 0 Å². The zero-order chi connectivity index (χ0) is 16.4. The van der Waals surface area contributed by atoms with Gasteiger partial charge in [0.05, 0.1) is 18.1 Å². The van der Waals surface area contributed by atoms with Gasteiger partial charge in [0.2, 0.25) is 5.91 Å². The summed E-state index contributed by atoms with van der Waals surface area (Å²) in [7, 11) is 0. The summed E-state index contributed by atoms with van der Waals surface area (Å²) in [6, 6.07) is 9.92. The van der Waals surface area contributed by atoms with E-state index in [0.717, 1.165) is 57.7 Å². The number of carbonyl (C=O) groups is 1. The molecule has 5 heteroatoms. The molecule has 1 aromatic rings. The number of para-hydroxylation sites is 1. The molecular formula is C19H26N2O3. The van der Waals surface area contributed by atoms with Gasteiger partial charge in [0.25, 0.3) is 0 Å². The van der Waals surface area contributed by atoms with Crippen molar-refractivity contribution < 1.29 is 14.3 Å². The molecule has 0 saturated carbocycles. The Kier molecular flexibility index (Phi) is 4.72. The number of nitrogens with zero attached hydrogens (tertiary/aromatic N) is 2. The van der Waals surface area contributed by atoms with E-state index in [-0.39, 0.29) is 12.0 Å². The molecule has 3 saturated heterocycles. The highest BCUT2D eigenvalue weighted by molar-refractivity contribution is 5.80. The minimum Gasteiger partial charge on any atom is -0.492 e. The van der Waals surface area contributed by atoms with Crippen LogP contribution in [0.5, 0.6) is 5.75 Å².